The largest absolute Gasteiger partial charge is 0.591 e. The van der Waals surface area contributed by atoms with Gasteiger partial charge in [0.15, 0.2) is 8.32 Å². The SMILES string of the molecule is CC(C)(C)[S@+]([O-])/N=C/CCO[Si](C)(C)C(C)(C)C. The van der Waals surface area contributed by atoms with Crippen LogP contribution in [0.3, 0.4) is 0 Å². The molecule has 0 rings (SSSR count). The van der Waals surface area contributed by atoms with E-state index >= 15 is 0 Å². The van der Waals surface area contributed by atoms with Crippen molar-refractivity contribution >= 4 is 25.9 Å². The minimum atomic E-state index is -1.66. The van der Waals surface area contributed by atoms with Crippen molar-refractivity contribution in [3.05, 3.63) is 0 Å². The van der Waals surface area contributed by atoms with Crippen molar-refractivity contribution in [2.24, 2.45) is 4.40 Å². The number of nitrogens with zero attached hydrogens (tertiary/aromatic N) is 1. The molecular weight excluding hydrogens is 262 g/mol. The van der Waals surface area contributed by atoms with Crippen LogP contribution in [0.5, 0.6) is 0 Å². The highest BCUT2D eigenvalue weighted by molar-refractivity contribution is 7.91. The van der Waals surface area contributed by atoms with Gasteiger partial charge in [-0.3, -0.25) is 0 Å². The minimum Gasteiger partial charge on any atom is -0.591 e. The molecule has 0 heterocycles. The van der Waals surface area contributed by atoms with Crippen LogP contribution in [-0.2, 0) is 15.8 Å². The number of hydrogen-bond acceptors (Lipinski definition) is 3. The summed E-state index contributed by atoms with van der Waals surface area (Å²) in [6.45, 7) is 17.6. The van der Waals surface area contributed by atoms with Gasteiger partial charge in [0.05, 0.1) is 6.21 Å². The van der Waals surface area contributed by atoms with E-state index in [-0.39, 0.29) is 9.79 Å². The van der Waals surface area contributed by atoms with Crippen molar-refractivity contribution in [1.82, 2.24) is 0 Å². The molecule has 0 saturated heterocycles. The first-order valence-electron chi connectivity index (χ1n) is 6.46. The fourth-order valence-corrected chi connectivity index (χ4v) is 2.48. The average molecular weight is 292 g/mol. The van der Waals surface area contributed by atoms with Gasteiger partial charge in [-0.05, 0) is 38.9 Å². The summed E-state index contributed by atoms with van der Waals surface area (Å²) >= 11 is -1.15. The zero-order chi connectivity index (χ0) is 14.6. The molecule has 0 spiro atoms. The molecule has 0 aliphatic heterocycles. The van der Waals surface area contributed by atoms with Crippen LogP contribution in [0.4, 0.5) is 0 Å². The van der Waals surface area contributed by atoms with Gasteiger partial charge in [-0.25, -0.2) is 0 Å². The van der Waals surface area contributed by atoms with Crippen LogP contribution < -0.4 is 0 Å². The van der Waals surface area contributed by atoms with E-state index in [2.05, 4.69) is 38.3 Å². The lowest BCUT2D eigenvalue weighted by Crippen LogP contribution is -2.41. The molecule has 0 aliphatic rings. The monoisotopic (exact) mass is 291 g/mol. The van der Waals surface area contributed by atoms with E-state index in [0.29, 0.717) is 6.61 Å². The van der Waals surface area contributed by atoms with Crippen LogP contribution in [0.2, 0.25) is 18.1 Å². The lowest BCUT2D eigenvalue weighted by atomic mass is 10.2. The summed E-state index contributed by atoms with van der Waals surface area (Å²) < 4.78 is 21.5. The van der Waals surface area contributed by atoms with Crippen molar-refractivity contribution < 1.29 is 8.98 Å². The Bertz CT molecular complexity index is 280. The Kier molecular flexibility index (Phi) is 6.60. The zero-order valence-electron chi connectivity index (χ0n) is 13.2. The van der Waals surface area contributed by atoms with Gasteiger partial charge in [0.2, 0.25) is 0 Å². The normalized spacial score (nSPS) is 16.3. The quantitative estimate of drug-likeness (QED) is 0.333. The fraction of sp³-hybridized carbons (Fsp3) is 0.923. The molecule has 0 radical (unpaired) electrons. The van der Waals surface area contributed by atoms with Crippen molar-refractivity contribution in [3.63, 3.8) is 0 Å². The molecule has 0 saturated carbocycles. The molecule has 18 heavy (non-hydrogen) atoms. The first-order valence-corrected chi connectivity index (χ1v) is 10.5. The van der Waals surface area contributed by atoms with Crippen molar-refractivity contribution in [2.75, 3.05) is 6.61 Å². The third kappa shape index (κ3) is 6.36. The molecule has 0 aromatic heterocycles. The molecule has 0 bridgehead atoms. The molecule has 0 aromatic rings. The van der Waals surface area contributed by atoms with Gasteiger partial charge in [-0.2, -0.15) is 0 Å². The molecule has 0 fully saturated rings. The highest BCUT2D eigenvalue weighted by Crippen LogP contribution is 2.36. The topological polar surface area (TPSA) is 44.7 Å². The van der Waals surface area contributed by atoms with Gasteiger partial charge in [-0.15, -0.1) is 0 Å². The summed E-state index contributed by atoms with van der Waals surface area (Å²) in [5, 5.41) is 0.234. The minimum absolute atomic E-state index is 0.234. The molecule has 0 unspecified atom stereocenters. The van der Waals surface area contributed by atoms with Crippen LogP contribution in [0, 0.1) is 0 Å². The average Bonchev–Trinajstić information content (AvgIpc) is 2.13. The maximum Gasteiger partial charge on any atom is 0.191 e. The highest BCUT2D eigenvalue weighted by atomic mass is 32.2. The zero-order valence-corrected chi connectivity index (χ0v) is 15.0. The summed E-state index contributed by atoms with van der Waals surface area (Å²) in [7, 11) is -1.66. The Balaban J connectivity index is 4.06. The Morgan fingerprint density at radius 3 is 2.06 bits per heavy atom. The molecule has 3 nitrogen and oxygen atoms in total. The Morgan fingerprint density at radius 2 is 1.67 bits per heavy atom. The summed E-state index contributed by atoms with van der Waals surface area (Å²) in [6.07, 6.45) is 2.46. The van der Waals surface area contributed by atoms with Crippen LogP contribution >= 0.6 is 0 Å². The number of rotatable bonds is 5. The molecule has 1 atom stereocenters. The van der Waals surface area contributed by atoms with Gasteiger partial charge >= 0.3 is 0 Å². The van der Waals surface area contributed by atoms with Gasteiger partial charge in [0, 0.05) is 13.0 Å². The van der Waals surface area contributed by atoms with Gasteiger partial charge in [-0.1, -0.05) is 25.2 Å². The van der Waals surface area contributed by atoms with Crippen molar-refractivity contribution in [3.8, 4) is 0 Å². The van der Waals surface area contributed by atoms with Gasteiger partial charge < -0.3 is 8.98 Å². The van der Waals surface area contributed by atoms with E-state index in [1.165, 1.54) is 0 Å². The van der Waals surface area contributed by atoms with Gasteiger partial charge in [0.1, 0.15) is 16.1 Å². The van der Waals surface area contributed by atoms with Gasteiger partial charge in [0.25, 0.3) is 0 Å². The second-order valence-electron chi connectivity index (χ2n) is 7.05. The molecular formula is C13H29NO2SSi. The smallest absolute Gasteiger partial charge is 0.191 e. The summed E-state index contributed by atoms with van der Waals surface area (Å²) in [4.78, 5) is 0. The summed E-state index contributed by atoms with van der Waals surface area (Å²) in [6, 6.07) is 0. The molecule has 0 aliphatic carbocycles. The molecule has 108 valence electrons. The predicted molar refractivity (Wildman–Crippen MR) is 84.2 cm³/mol. The standard InChI is InChI=1S/C13H29NO2SSi/c1-12(2,3)17(15)14-10-9-11-16-18(7,8)13(4,5)6/h10H,9,11H2,1-8H3/b14-10+/t17-/m0/s1. The molecule has 0 amide bonds. The second kappa shape index (κ2) is 6.55. The Hall–Kier alpha value is 0.157. The van der Waals surface area contributed by atoms with Crippen molar-refractivity contribution in [2.45, 2.75) is 70.8 Å². The molecule has 0 aromatic carbocycles. The van der Waals surface area contributed by atoms with E-state index in [1.54, 1.807) is 6.21 Å². The first-order chi connectivity index (χ1) is 7.88. The van der Waals surface area contributed by atoms with Crippen LogP contribution in [-0.4, -0.2) is 30.4 Å². The fourth-order valence-electron chi connectivity index (χ4n) is 0.862. The first kappa shape index (κ1) is 18.2. The maximum absolute atomic E-state index is 11.7. The van der Waals surface area contributed by atoms with Crippen LogP contribution in [0.25, 0.3) is 0 Å². The van der Waals surface area contributed by atoms with Crippen molar-refractivity contribution in [1.29, 1.82) is 0 Å². The number of hydrogen-bond donors (Lipinski definition) is 0. The lowest BCUT2D eigenvalue weighted by molar-refractivity contribution is 0.299. The predicted octanol–water partition coefficient (Wildman–Crippen LogP) is 3.93. The van der Waals surface area contributed by atoms with E-state index in [9.17, 15) is 4.55 Å². The maximum atomic E-state index is 11.7. The third-order valence-electron chi connectivity index (χ3n) is 3.21. The molecule has 5 heteroatoms. The lowest BCUT2D eigenvalue weighted by Gasteiger charge is -2.36. The third-order valence-corrected chi connectivity index (χ3v) is 9.14. The Labute approximate surface area is 117 Å². The van der Waals surface area contributed by atoms with Crippen LogP contribution in [0.15, 0.2) is 4.40 Å². The highest BCUT2D eigenvalue weighted by Gasteiger charge is 2.36. The van der Waals surface area contributed by atoms with E-state index in [4.69, 9.17) is 4.43 Å². The summed E-state index contributed by atoms with van der Waals surface area (Å²) in [5.74, 6) is 0. The van der Waals surface area contributed by atoms with Crippen LogP contribution in [0.1, 0.15) is 48.0 Å². The molecule has 0 N–H and O–H groups in total. The Morgan fingerprint density at radius 1 is 1.17 bits per heavy atom. The van der Waals surface area contributed by atoms with E-state index < -0.39 is 19.7 Å². The summed E-state index contributed by atoms with van der Waals surface area (Å²) in [5.41, 5.74) is 0. The van der Waals surface area contributed by atoms with E-state index in [1.807, 2.05) is 20.8 Å². The van der Waals surface area contributed by atoms with E-state index in [0.717, 1.165) is 6.42 Å². The second-order valence-corrected chi connectivity index (χ2v) is 13.8.